The van der Waals surface area contributed by atoms with E-state index in [4.69, 9.17) is 10.3 Å². The highest BCUT2D eigenvalue weighted by Gasteiger charge is 2.14. The lowest BCUT2D eigenvalue weighted by molar-refractivity contribution is 0.413. The van der Waals surface area contributed by atoms with Crippen molar-refractivity contribution in [3.8, 4) is 11.6 Å². The second-order valence-corrected chi connectivity index (χ2v) is 3.28. The molecule has 0 aromatic carbocycles. The summed E-state index contributed by atoms with van der Waals surface area (Å²) in [5, 5.41) is 9.80. The third-order valence-corrected chi connectivity index (χ3v) is 2.11. The van der Waals surface area contributed by atoms with Crippen LogP contribution >= 0.6 is 0 Å². The number of hydrogen-bond acceptors (Lipinski definition) is 6. The van der Waals surface area contributed by atoms with Gasteiger partial charge in [-0.2, -0.15) is 10.1 Å². The highest BCUT2D eigenvalue weighted by molar-refractivity contribution is 5.44. The molecule has 7 heteroatoms. The Balaban J connectivity index is 2.31. The fraction of sp³-hybridized carbons (Fsp3) is 0.333. The van der Waals surface area contributed by atoms with Crippen LogP contribution in [0.3, 0.4) is 0 Å². The standard InChI is InChI=1S/C9H11N5O2/c1-2-5(10)8-11-9(16-14-8)6-3-4-7(15)13-12-6/h3-5H,2,10H2,1H3,(H,13,15). The van der Waals surface area contributed by atoms with E-state index in [1.54, 1.807) is 0 Å². The smallest absolute Gasteiger partial charge is 0.278 e. The Morgan fingerprint density at radius 2 is 2.38 bits per heavy atom. The summed E-state index contributed by atoms with van der Waals surface area (Å²) in [4.78, 5) is 14.9. The lowest BCUT2D eigenvalue weighted by Crippen LogP contribution is -2.10. The number of H-pyrrole nitrogens is 1. The second kappa shape index (κ2) is 4.23. The van der Waals surface area contributed by atoms with E-state index in [9.17, 15) is 4.79 Å². The summed E-state index contributed by atoms with van der Waals surface area (Å²) in [5.74, 6) is 0.681. The highest BCUT2D eigenvalue weighted by atomic mass is 16.5. The zero-order chi connectivity index (χ0) is 11.5. The zero-order valence-electron chi connectivity index (χ0n) is 8.67. The minimum Gasteiger partial charge on any atom is -0.332 e. The largest absolute Gasteiger partial charge is 0.332 e. The Hall–Kier alpha value is -2.02. The van der Waals surface area contributed by atoms with E-state index >= 15 is 0 Å². The minimum absolute atomic E-state index is 0.246. The van der Waals surface area contributed by atoms with E-state index < -0.39 is 0 Å². The van der Waals surface area contributed by atoms with Gasteiger partial charge < -0.3 is 10.3 Å². The second-order valence-electron chi connectivity index (χ2n) is 3.28. The van der Waals surface area contributed by atoms with Gasteiger partial charge in [-0.05, 0) is 12.5 Å². The van der Waals surface area contributed by atoms with Crippen LogP contribution < -0.4 is 11.3 Å². The van der Waals surface area contributed by atoms with Gasteiger partial charge in [0.05, 0.1) is 6.04 Å². The molecule has 2 heterocycles. The van der Waals surface area contributed by atoms with Crippen LogP contribution in [0.15, 0.2) is 21.5 Å². The first-order valence-electron chi connectivity index (χ1n) is 4.86. The molecule has 0 spiro atoms. The predicted octanol–water partition coefficient (Wildman–Crippen LogP) is 0.230. The Labute approximate surface area is 90.7 Å². The molecule has 0 radical (unpaired) electrons. The zero-order valence-corrected chi connectivity index (χ0v) is 8.67. The quantitative estimate of drug-likeness (QED) is 0.767. The molecule has 0 saturated heterocycles. The molecular formula is C9H11N5O2. The number of hydrogen-bond donors (Lipinski definition) is 2. The number of nitrogens with one attached hydrogen (secondary N) is 1. The lowest BCUT2D eigenvalue weighted by Gasteiger charge is -1.99. The third-order valence-electron chi connectivity index (χ3n) is 2.11. The summed E-state index contributed by atoms with van der Waals surface area (Å²) in [6.07, 6.45) is 0.720. The van der Waals surface area contributed by atoms with Gasteiger partial charge in [0.1, 0.15) is 5.69 Å². The number of rotatable bonds is 3. The number of nitrogens with zero attached hydrogens (tertiary/aromatic N) is 3. The molecule has 16 heavy (non-hydrogen) atoms. The molecule has 0 bridgehead atoms. The monoisotopic (exact) mass is 221 g/mol. The van der Waals surface area contributed by atoms with E-state index in [1.807, 2.05) is 6.92 Å². The van der Waals surface area contributed by atoms with Crippen molar-refractivity contribution in [2.75, 3.05) is 0 Å². The van der Waals surface area contributed by atoms with Crippen LogP contribution in [0.25, 0.3) is 11.6 Å². The first-order chi connectivity index (χ1) is 7.70. The van der Waals surface area contributed by atoms with Crippen LogP contribution in [0, 0.1) is 0 Å². The van der Waals surface area contributed by atoms with Crippen LogP contribution in [0.2, 0.25) is 0 Å². The summed E-state index contributed by atoms with van der Waals surface area (Å²) in [7, 11) is 0. The maximum absolute atomic E-state index is 10.8. The lowest BCUT2D eigenvalue weighted by atomic mass is 10.2. The summed E-state index contributed by atoms with van der Waals surface area (Å²) >= 11 is 0. The van der Waals surface area contributed by atoms with Crippen molar-refractivity contribution in [3.63, 3.8) is 0 Å². The van der Waals surface area contributed by atoms with Crippen molar-refractivity contribution in [2.45, 2.75) is 19.4 Å². The van der Waals surface area contributed by atoms with Gasteiger partial charge >= 0.3 is 0 Å². The van der Waals surface area contributed by atoms with Crippen molar-refractivity contribution in [2.24, 2.45) is 5.73 Å². The molecule has 0 fully saturated rings. The van der Waals surface area contributed by atoms with E-state index in [-0.39, 0.29) is 17.5 Å². The highest BCUT2D eigenvalue weighted by Crippen LogP contribution is 2.15. The van der Waals surface area contributed by atoms with Gasteiger partial charge in [0.2, 0.25) is 0 Å². The van der Waals surface area contributed by atoms with E-state index in [0.29, 0.717) is 11.5 Å². The Morgan fingerprint density at radius 3 is 3.00 bits per heavy atom. The van der Waals surface area contributed by atoms with Gasteiger partial charge in [0.25, 0.3) is 11.4 Å². The van der Waals surface area contributed by atoms with Gasteiger partial charge in [0.15, 0.2) is 5.82 Å². The first kappa shape index (κ1) is 10.5. The fourth-order valence-corrected chi connectivity index (χ4v) is 1.14. The Morgan fingerprint density at radius 1 is 1.56 bits per heavy atom. The Kier molecular flexibility index (Phi) is 2.78. The van der Waals surface area contributed by atoms with E-state index in [2.05, 4.69) is 20.3 Å². The Bertz CT molecular complexity index is 512. The van der Waals surface area contributed by atoms with Gasteiger partial charge in [-0.3, -0.25) is 4.79 Å². The molecule has 1 atom stereocenters. The van der Waals surface area contributed by atoms with E-state index in [1.165, 1.54) is 12.1 Å². The van der Waals surface area contributed by atoms with Gasteiger partial charge in [-0.25, -0.2) is 5.10 Å². The van der Waals surface area contributed by atoms with Crippen molar-refractivity contribution >= 4 is 0 Å². The number of aromatic amines is 1. The van der Waals surface area contributed by atoms with Crippen molar-refractivity contribution in [3.05, 3.63) is 28.3 Å². The van der Waals surface area contributed by atoms with Crippen LogP contribution in [0.5, 0.6) is 0 Å². The molecule has 2 rings (SSSR count). The topological polar surface area (TPSA) is 111 Å². The first-order valence-corrected chi connectivity index (χ1v) is 4.86. The van der Waals surface area contributed by atoms with Crippen LogP contribution in [-0.2, 0) is 0 Å². The third kappa shape index (κ3) is 1.98. The summed E-state index contributed by atoms with van der Waals surface area (Å²) < 4.78 is 4.99. The molecule has 1 unspecified atom stereocenters. The normalized spacial score (nSPS) is 12.6. The van der Waals surface area contributed by atoms with Gasteiger partial charge in [-0.15, -0.1) is 0 Å². The maximum atomic E-state index is 10.8. The van der Waals surface area contributed by atoms with Gasteiger partial charge in [0, 0.05) is 6.07 Å². The molecule has 7 nitrogen and oxygen atoms in total. The molecular weight excluding hydrogens is 210 g/mol. The summed E-state index contributed by atoms with van der Waals surface area (Å²) in [5.41, 5.74) is 5.88. The number of aromatic nitrogens is 4. The van der Waals surface area contributed by atoms with Crippen LogP contribution in [-0.4, -0.2) is 20.3 Å². The number of nitrogens with two attached hydrogens (primary N) is 1. The molecule has 0 aliphatic rings. The SMILES string of the molecule is CCC(N)c1noc(-c2ccc(=O)[nH]n2)n1. The van der Waals surface area contributed by atoms with Crippen LogP contribution in [0.4, 0.5) is 0 Å². The van der Waals surface area contributed by atoms with Crippen LogP contribution in [0.1, 0.15) is 25.2 Å². The van der Waals surface area contributed by atoms with Crippen molar-refractivity contribution < 1.29 is 4.52 Å². The maximum Gasteiger partial charge on any atom is 0.278 e. The van der Waals surface area contributed by atoms with Gasteiger partial charge in [-0.1, -0.05) is 12.1 Å². The molecule has 2 aromatic heterocycles. The van der Waals surface area contributed by atoms with Crippen molar-refractivity contribution in [1.29, 1.82) is 0 Å². The average molecular weight is 221 g/mol. The summed E-state index contributed by atoms with van der Waals surface area (Å²) in [6.45, 7) is 1.93. The molecule has 84 valence electrons. The van der Waals surface area contributed by atoms with E-state index in [0.717, 1.165) is 6.42 Å². The summed E-state index contributed by atoms with van der Waals surface area (Å²) in [6, 6.07) is 2.60. The molecule has 0 aliphatic heterocycles. The molecule has 2 aromatic rings. The molecule has 0 aliphatic carbocycles. The fourth-order valence-electron chi connectivity index (χ4n) is 1.14. The van der Waals surface area contributed by atoms with Crippen molar-refractivity contribution in [1.82, 2.24) is 20.3 Å². The molecule has 0 saturated carbocycles. The molecule has 0 amide bonds. The average Bonchev–Trinajstić information content (AvgIpc) is 2.78. The predicted molar refractivity (Wildman–Crippen MR) is 55.4 cm³/mol. The molecule has 3 N–H and O–H groups in total. The minimum atomic E-state index is -0.284.